The molecule has 142 valence electrons. The number of benzene rings is 1. The molecule has 1 aromatic rings. The maximum atomic E-state index is 12.5. The number of hydrogen-bond donors (Lipinski definition) is 3. The lowest BCUT2D eigenvalue weighted by atomic mass is 9.79. The summed E-state index contributed by atoms with van der Waals surface area (Å²) < 4.78 is 0. The van der Waals surface area contributed by atoms with Crippen LogP contribution in [0.3, 0.4) is 0 Å². The molecule has 1 saturated heterocycles. The number of rotatable bonds is 5. The van der Waals surface area contributed by atoms with E-state index in [2.05, 4.69) is 43.6 Å². The third-order valence-corrected chi connectivity index (χ3v) is 4.52. The molecule has 0 spiro atoms. The van der Waals surface area contributed by atoms with Crippen LogP contribution in [-0.4, -0.2) is 35.0 Å². The second-order valence-corrected chi connectivity index (χ2v) is 8.48. The van der Waals surface area contributed by atoms with E-state index < -0.39 is 6.04 Å². The topological polar surface area (TPSA) is 70.2 Å². The lowest BCUT2D eigenvalue weighted by Gasteiger charge is -2.46. The van der Waals surface area contributed by atoms with Crippen molar-refractivity contribution in [3.63, 3.8) is 0 Å². The molecule has 0 aromatic heterocycles. The first kappa shape index (κ1) is 20.2. The van der Waals surface area contributed by atoms with Gasteiger partial charge >= 0.3 is 0 Å². The molecular weight excluding hydrogens is 326 g/mol. The highest BCUT2D eigenvalue weighted by Crippen LogP contribution is 2.28. The second kappa shape index (κ2) is 8.04. The van der Waals surface area contributed by atoms with Gasteiger partial charge in [0, 0.05) is 23.2 Å². The Hall–Kier alpha value is -2.14. The van der Waals surface area contributed by atoms with Crippen LogP contribution in [0.4, 0.5) is 0 Å². The largest absolute Gasteiger partial charge is 0.351 e. The van der Waals surface area contributed by atoms with Crippen LogP contribution in [0.15, 0.2) is 36.4 Å². The second-order valence-electron chi connectivity index (χ2n) is 8.48. The maximum Gasteiger partial charge on any atom is 0.244 e. The fourth-order valence-corrected chi connectivity index (χ4v) is 3.81. The molecule has 1 fully saturated rings. The van der Waals surface area contributed by atoms with Crippen molar-refractivity contribution in [2.24, 2.45) is 0 Å². The van der Waals surface area contributed by atoms with Crippen molar-refractivity contribution >= 4 is 17.9 Å². The Balaban J connectivity index is 1.87. The first-order valence-corrected chi connectivity index (χ1v) is 9.20. The van der Waals surface area contributed by atoms with Crippen LogP contribution in [0.2, 0.25) is 0 Å². The van der Waals surface area contributed by atoms with E-state index in [1.54, 1.807) is 13.0 Å². The van der Waals surface area contributed by atoms with Crippen molar-refractivity contribution in [1.82, 2.24) is 16.0 Å². The van der Waals surface area contributed by atoms with E-state index in [1.807, 2.05) is 30.3 Å². The minimum Gasteiger partial charge on any atom is -0.351 e. The van der Waals surface area contributed by atoms with Gasteiger partial charge in [-0.1, -0.05) is 30.3 Å². The molecule has 2 rings (SSSR count). The Labute approximate surface area is 156 Å². The van der Waals surface area contributed by atoms with Crippen molar-refractivity contribution in [3.05, 3.63) is 42.0 Å². The fraction of sp³-hybridized carbons (Fsp3) is 0.524. The summed E-state index contributed by atoms with van der Waals surface area (Å²) in [6, 6.07) is 9.09. The van der Waals surface area contributed by atoms with Gasteiger partial charge in [-0.05, 0) is 59.1 Å². The van der Waals surface area contributed by atoms with Gasteiger partial charge in [0.25, 0.3) is 0 Å². The molecule has 1 aromatic carbocycles. The molecule has 0 bridgehead atoms. The fourth-order valence-electron chi connectivity index (χ4n) is 3.81. The molecule has 3 N–H and O–H groups in total. The zero-order chi connectivity index (χ0) is 19.4. The number of carbonyl (C=O) groups excluding carboxylic acids is 2. The van der Waals surface area contributed by atoms with Crippen molar-refractivity contribution in [2.45, 2.75) is 70.6 Å². The van der Waals surface area contributed by atoms with Crippen LogP contribution < -0.4 is 16.0 Å². The summed E-state index contributed by atoms with van der Waals surface area (Å²) >= 11 is 0. The van der Waals surface area contributed by atoms with E-state index in [4.69, 9.17) is 0 Å². The molecule has 1 aliphatic heterocycles. The van der Waals surface area contributed by atoms with Gasteiger partial charge in [-0.15, -0.1) is 0 Å². The van der Waals surface area contributed by atoms with Gasteiger partial charge in [0.15, 0.2) is 0 Å². The highest BCUT2D eigenvalue weighted by Gasteiger charge is 2.38. The smallest absolute Gasteiger partial charge is 0.244 e. The van der Waals surface area contributed by atoms with Gasteiger partial charge in [0.1, 0.15) is 6.04 Å². The van der Waals surface area contributed by atoms with Crippen LogP contribution in [-0.2, 0) is 9.59 Å². The predicted molar refractivity (Wildman–Crippen MR) is 106 cm³/mol. The average molecular weight is 357 g/mol. The van der Waals surface area contributed by atoms with Crippen LogP contribution in [0.25, 0.3) is 6.08 Å². The first-order valence-electron chi connectivity index (χ1n) is 9.20. The quantitative estimate of drug-likeness (QED) is 0.710. The summed E-state index contributed by atoms with van der Waals surface area (Å²) in [4.78, 5) is 24.5. The molecule has 1 heterocycles. The summed E-state index contributed by atoms with van der Waals surface area (Å²) in [5.74, 6) is -0.424. The molecular formula is C21H31N3O2. The molecule has 0 radical (unpaired) electrons. The highest BCUT2D eigenvalue weighted by atomic mass is 16.2. The number of piperidine rings is 1. The van der Waals surface area contributed by atoms with E-state index in [-0.39, 0.29) is 28.9 Å². The minimum atomic E-state index is -0.580. The van der Waals surface area contributed by atoms with Crippen molar-refractivity contribution in [2.75, 3.05) is 0 Å². The molecule has 2 amide bonds. The van der Waals surface area contributed by atoms with Crippen molar-refractivity contribution in [1.29, 1.82) is 0 Å². The molecule has 26 heavy (non-hydrogen) atoms. The minimum absolute atomic E-state index is 0.0371. The SMILES string of the molecule is CC(NC(=O)C=Cc1ccccc1)C(=O)NC1CC(C)(C)NC(C)(C)C1. The van der Waals surface area contributed by atoms with E-state index in [0.717, 1.165) is 18.4 Å². The molecule has 5 nitrogen and oxygen atoms in total. The summed E-state index contributed by atoms with van der Waals surface area (Å²) in [6.07, 6.45) is 4.90. The average Bonchev–Trinajstić information content (AvgIpc) is 2.50. The molecule has 0 saturated carbocycles. The summed E-state index contributed by atoms with van der Waals surface area (Å²) in [7, 11) is 0. The Morgan fingerprint density at radius 1 is 1.12 bits per heavy atom. The Morgan fingerprint density at radius 3 is 2.27 bits per heavy atom. The third kappa shape index (κ3) is 6.30. The normalized spacial score (nSPS) is 20.5. The number of nitrogens with one attached hydrogen (secondary N) is 3. The van der Waals surface area contributed by atoms with Gasteiger partial charge in [0.05, 0.1) is 0 Å². The number of hydrogen-bond acceptors (Lipinski definition) is 3. The lowest BCUT2D eigenvalue weighted by molar-refractivity contribution is -0.127. The number of carbonyl (C=O) groups is 2. The van der Waals surface area contributed by atoms with Crippen LogP contribution in [0, 0.1) is 0 Å². The summed E-state index contributed by atoms with van der Waals surface area (Å²) in [5, 5.41) is 9.42. The zero-order valence-corrected chi connectivity index (χ0v) is 16.4. The Kier molecular flexibility index (Phi) is 6.24. The third-order valence-electron chi connectivity index (χ3n) is 4.52. The van der Waals surface area contributed by atoms with Gasteiger partial charge in [-0.25, -0.2) is 0 Å². The van der Waals surface area contributed by atoms with E-state index in [1.165, 1.54) is 6.08 Å². The van der Waals surface area contributed by atoms with Crippen molar-refractivity contribution in [3.8, 4) is 0 Å². The van der Waals surface area contributed by atoms with Crippen LogP contribution in [0.5, 0.6) is 0 Å². The number of amides is 2. The van der Waals surface area contributed by atoms with E-state index >= 15 is 0 Å². The van der Waals surface area contributed by atoms with Crippen molar-refractivity contribution < 1.29 is 9.59 Å². The molecule has 1 aliphatic rings. The maximum absolute atomic E-state index is 12.5. The lowest BCUT2D eigenvalue weighted by Crippen LogP contribution is -2.63. The summed E-state index contributed by atoms with van der Waals surface area (Å²) in [6.45, 7) is 10.3. The van der Waals surface area contributed by atoms with Gasteiger partial charge < -0.3 is 16.0 Å². The Bertz CT molecular complexity index is 649. The van der Waals surface area contributed by atoms with E-state index in [0.29, 0.717) is 0 Å². The first-order chi connectivity index (χ1) is 12.1. The summed E-state index contributed by atoms with van der Waals surface area (Å²) in [5.41, 5.74) is 0.869. The molecule has 5 heteroatoms. The van der Waals surface area contributed by atoms with Crippen LogP contribution >= 0.6 is 0 Å². The zero-order valence-electron chi connectivity index (χ0n) is 16.4. The monoisotopic (exact) mass is 357 g/mol. The van der Waals surface area contributed by atoms with Gasteiger partial charge in [0.2, 0.25) is 11.8 Å². The van der Waals surface area contributed by atoms with Crippen LogP contribution in [0.1, 0.15) is 53.0 Å². The van der Waals surface area contributed by atoms with Gasteiger partial charge in [-0.3, -0.25) is 9.59 Å². The Morgan fingerprint density at radius 2 is 1.69 bits per heavy atom. The standard InChI is InChI=1S/C21H31N3O2/c1-15(22-18(25)12-11-16-9-7-6-8-10-16)19(26)23-17-13-20(2,3)24-21(4,5)14-17/h6-12,15,17,24H,13-14H2,1-5H3,(H,22,25)(H,23,26). The van der Waals surface area contributed by atoms with E-state index in [9.17, 15) is 9.59 Å². The van der Waals surface area contributed by atoms with Gasteiger partial charge in [-0.2, -0.15) is 0 Å². The predicted octanol–water partition coefficient (Wildman–Crippen LogP) is 2.63. The highest BCUT2D eigenvalue weighted by molar-refractivity contribution is 5.95. The molecule has 1 unspecified atom stereocenters. The molecule has 1 atom stereocenters. The molecule has 0 aliphatic carbocycles.